The van der Waals surface area contributed by atoms with Gasteiger partial charge in [-0.05, 0) is 31.9 Å². The Morgan fingerprint density at radius 1 is 1.22 bits per heavy atom. The van der Waals surface area contributed by atoms with Gasteiger partial charge in [0, 0.05) is 12.1 Å². The Bertz CT molecular complexity index is 369. The number of benzene rings is 1. The third kappa shape index (κ3) is 4.02. The molecule has 1 aromatic rings. The van der Waals surface area contributed by atoms with E-state index in [0.29, 0.717) is 5.75 Å². The molecule has 1 aliphatic rings. The van der Waals surface area contributed by atoms with E-state index in [1.807, 2.05) is 6.07 Å². The molecule has 0 unspecified atom stereocenters. The molecule has 0 radical (unpaired) electrons. The molecule has 2 nitrogen and oxygen atoms in total. The topological polar surface area (TPSA) is 32.3 Å². The van der Waals surface area contributed by atoms with Gasteiger partial charge in [0.05, 0.1) is 0 Å². The third-order valence-electron chi connectivity index (χ3n) is 4.00. The Kier molecular flexibility index (Phi) is 5.06. The molecule has 18 heavy (non-hydrogen) atoms. The monoisotopic (exact) mass is 247 g/mol. The number of phenolic OH excluding ortho intramolecular Hbond substituents is 1. The first-order valence-corrected chi connectivity index (χ1v) is 7.25. The van der Waals surface area contributed by atoms with Crippen molar-refractivity contribution in [3.63, 3.8) is 0 Å². The van der Waals surface area contributed by atoms with Gasteiger partial charge in [0.2, 0.25) is 0 Å². The zero-order valence-electron chi connectivity index (χ0n) is 11.4. The van der Waals surface area contributed by atoms with Crippen LogP contribution in [0.3, 0.4) is 0 Å². The van der Waals surface area contributed by atoms with Crippen LogP contribution >= 0.6 is 0 Å². The van der Waals surface area contributed by atoms with Crippen molar-refractivity contribution in [2.45, 2.75) is 52.0 Å². The Balaban J connectivity index is 1.69. The van der Waals surface area contributed by atoms with Crippen LogP contribution in [0.25, 0.3) is 0 Å². The highest BCUT2D eigenvalue weighted by Gasteiger charge is 2.12. The van der Waals surface area contributed by atoms with Crippen LogP contribution in [0.15, 0.2) is 18.2 Å². The van der Waals surface area contributed by atoms with Gasteiger partial charge in [0.25, 0.3) is 0 Å². The smallest absolute Gasteiger partial charge is 0.120 e. The van der Waals surface area contributed by atoms with Crippen molar-refractivity contribution in [1.82, 2.24) is 5.32 Å². The van der Waals surface area contributed by atoms with Crippen molar-refractivity contribution in [2.75, 3.05) is 6.54 Å². The normalized spacial score (nSPS) is 16.9. The summed E-state index contributed by atoms with van der Waals surface area (Å²) in [5.74, 6) is 1.34. The highest BCUT2D eigenvalue weighted by molar-refractivity contribution is 5.35. The van der Waals surface area contributed by atoms with Crippen molar-refractivity contribution in [1.29, 1.82) is 0 Å². The molecular formula is C16H25NO. The highest BCUT2D eigenvalue weighted by atomic mass is 16.3. The second-order valence-electron chi connectivity index (χ2n) is 5.60. The second kappa shape index (κ2) is 6.79. The van der Waals surface area contributed by atoms with Crippen LogP contribution in [0, 0.1) is 12.8 Å². The van der Waals surface area contributed by atoms with Gasteiger partial charge in [-0.1, -0.05) is 49.8 Å². The zero-order chi connectivity index (χ0) is 12.8. The van der Waals surface area contributed by atoms with Crippen molar-refractivity contribution in [2.24, 2.45) is 5.92 Å². The van der Waals surface area contributed by atoms with Gasteiger partial charge < -0.3 is 10.4 Å². The molecule has 1 aromatic carbocycles. The van der Waals surface area contributed by atoms with Crippen LogP contribution < -0.4 is 5.32 Å². The van der Waals surface area contributed by atoms with Gasteiger partial charge in [-0.3, -0.25) is 0 Å². The van der Waals surface area contributed by atoms with Crippen LogP contribution in [-0.4, -0.2) is 11.7 Å². The molecule has 2 heteroatoms. The molecule has 0 bridgehead atoms. The Hall–Kier alpha value is -1.02. The van der Waals surface area contributed by atoms with Crippen molar-refractivity contribution in [3.8, 4) is 5.75 Å². The summed E-state index contributed by atoms with van der Waals surface area (Å²) in [5.41, 5.74) is 2.22. The summed E-state index contributed by atoms with van der Waals surface area (Å²) in [6.45, 7) is 3.91. The molecule has 0 saturated heterocycles. The Labute approximate surface area is 110 Å². The first-order valence-electron chi connectivity index (χ1n) is 7.25. The minimum Gasteiger partial charge on any atom is -0.508 e. The summed E-state index contributed by atoms with van der Waals surface area (Å²) < 4.78 is 0. The second-order valence-corrected chi connectivity index (χ2v) is 5.60. The maximum absolute atomic E-state index is 9.74. The van der Waals surface area contributed by atoms with Gasteiger partial charge in [-0.2, -0.15) is 0 Å². The number of aromatic hydroxyl groups is 1. The van der Waals surface area contributed by atoms with Gasteiger partial charge in [-0.15, -0.1) is 0 Å². The fourth-order valence-corrected chi connectivity index (χ4v) is 2.86. The van der Waals surface area contributed by atoms with Crippen LogP contribution in [0.4, 0.5) is 0 Å². The van der Waals surface area contributed by atoms with Crippen molar-refractivity contribution < 1.29 is 5.11 Å². The number of phenols is 1. The molecule has 1 fully saturated rings. The van der Waals surface area contributed by atoms with E-state index < -0.39 is 0 Å². The lowest BCUT2D eigenvalue weighted by atomic mass is 9.87. The predicted octanol–water partition coefficient (Wildman–Crippen LogP) is 3.76. The van der Waals surface area contributed by atoms with Crippen LogP contribution in [0.2, 0.25) is 0 Å². The molecule has 1 aliphatic carbocycles. The lowest BCUT2D eigenvalue weighted by Crippen LogP contribution is -2.19. The highest BCUT2D eigenvalue weighted by Crippen LogP contribution is 2.25. The average molecular weight is 247 g/mol. The molecule has 0 aliphatic heterocycles. The largest absolute Gasteiger partial charge is 0.508 e. The average Bonchev–Trinajstić information content (AvgIpc) is 2.40. The van der Waals surface area contributed by atoms with E-state index in [1.54, 1.807) is 6.07 Å². The Morgan fingerprint density at radius 3 is 2.78 bits per heavy atom. The summed E-state index contributed by atoms with van der Waals surface area (Å²) in [4.78, 5) is 0. The molecule has 0 heterocycles. The van der Waals surface area contributed by atoms with Crippen LogP contribution in [0.5, 0.6) is 5.75 Å². The van der Waals surface area contributed by atoms with E-state index >= 15 is 0 Å². The van der Waals surface area contributed by atoms with Gasteiger partial charge in [-0.25, -0.2) is 0 Å². The molecule has 0 aromatic heterocycles. The van der Waals surface area contributed by atoms with Crippen molar-refractivity contribution in [3.05, 3.63) is 29.3 Å². The summed E-state index contributed by atoms with van der Waals surface area (Å²) in [7, 11) is 0. The number of hydrogen-bond donors (Lipinski definition) is 2. The summed E-state index contributed by atoms with van der Waals surface area (Å²) in [6.07, 6.45) is 8.38. The quantitative estimate of drug-likeness (QED) is 0.776. The molecule has 2 N–H and O–H groups in total. The number of rotatable bonds is 5. The van der Waals surface area contributed by atoms with E-state index in [2.05, 4.69) is 18.3 Å². The first-order chi connectivity index (χ1) is 8.75. The Morgan fingerprint density at radius 2 is 2.00 bits per heavy atom. The molecule has 100 valence electrons. The molecular weight excluding hydrogens is 222 g/mol. The van der Waals surface area contributed by atoms with E-state index in [4.69, 9.17) is 0 Å². The van der Waals surface area contributed by atoms with Crippen LogP contribution in [-0.2, 0) is 6.54 Å². The fraction of sp³-hybridized carbons (Fsp3) is 0.625. The van der Waals surface area contributed by atoms with Gasteiger partial charge in [0.1, 0.15) is 5.75 Å². The SMILES string of the molecule is Cc1ccc(O)c(CNCCC2CCCCC2)c1. The zero-order valence-corrected chi connectivity index (χ0v) is 11.4. The number of aryl methyl sites for hydroxylation is 1. The summed E-state index contributed by atoms with van der Waals surface area (Å²) >= 11 is 0. The molecule has 0 amide bonds. The fourth-order valence-electron chi connectivity index (χ4n) is 2.86. The minimum atomic E-state index is 0.408. The van der Waals surface area contributed by atoms with E-state index in [0.717, 1.165) is 24.6 Å². The molecule has 2 rings (SSSR count). The molecule has 0 atom stereocenters. The van der Waals surface area contributed by atoms with Gasteiger partial charge in [0.15, 0.2) is 0 Å². The first kappa shape index (κ1) is 13.4. The molecule has 1 saturated carbocycles. The number of hydrogen-bond acceptors (Lipinski definition) is 2. The van der Waals surface area contributed by atoms with Crippen molar-refractivity contribution >= 4 is 0 Å². The minimum absolute atomic E-state index is 0.408. The van der Waals surface area contributed by atoms with Crippen LogP contribution in [0.1, 0.15) is 49.7 Å². The lowest BCUT2D eigenvalue weighted by molar-refractivity contribution is 0.333. The third-order valence-corrected chi connectivity index (χ3v) is 4.00. The number of nitrogens with one attached hydrogen (secondary N) is 1. The van der Waals surface area contributed by atoms with E-state index in [1.165, 1.54) is 44.1 Å². The lowest BCUT2D eigenvalue weighted by Gasteiger charge is -2.21. The molecule has 0 spiro atoms. The maximum Gasteiger partial charge on any atom is 0.120 e. The van der Waals surface area contributed by atoms with E-state index in [-0.39, 0.29) is 0 Å². The summed E-state index contributed by atoms with van der Waals surface area (Å²) in [6, 6.07) is 5.79. The maximum atomic E-state index is 9.74. The standard InChI is InChI=1S/C16H25NO/c1-13-7-8-16(18)15(11-13)12-17-10-9-14-5-3-2-4-6-14/h7-8,11,14,17-18H,2-6,9-10,12H2,1H3. The van der Waals surface area contributed by atoms with Gasteiger partial charge >= 0.3 is 0 Å². The summed E-state index contributed by atoms with van der Waals surface area (Å²) in [5, 5.41) is 13.2. The predicted molar refractivity (Wildman–Crippen MR) is 75.7 cm³/mol. The van der Waals surface area contributed by atoms with E-state index in [9.17, 15) is 5.11 Å².